The third-order valence-electron chi connectivity index (χ3n) is 4.40. The van der Waals surface area contributed by atoms with E-state index in [9.17, 15) is 9.59 Å². The number of carbonyl (C=O) groups is 1. The number of carbonyl (C=O) groups excluding carboxylic acids is 1. The van der Waals surface area contributed by atoms with Crippen molar-refractivity contribution < 1.29 is 9.53 Å². The monoisotopic (exact) mass is 417 g/mol. The molecule has 6 nitrogen and oxygen atoms in total. The number of hydrogen-bond donors (Lipinski definition) is 1. The van der Waals surface area contributed by atoms with Crippen LogP contribution in [0.25, 0.3) is 10.9 Å². The van der Waals surface area contributed by atoms with E-state index in [0.29, 0.717) is 51.7 Å². The number of halogens is 1. The molecule has 0 saturated heterocycles. The molecule has 1 aromatic heterocycles. The number of H-pyrrole nitrogens is 1. The fourth-order valence-electron chi connectivity index (χ4n) is 2.83. The second-order valence-electron chi connectivity index (χ2n) is 6.27. The molecule has 1 N–H and O–H groups in total. The first-order valence-corrected chi connectivity index (χ1v) is 9.60. The summed E-state index contributed by atoms with van der Waals surface area (Å²) >= 11 is 11.1. The Morgan fingerprint density at radius 2 is 1.96 bits per heavy atom. The van der Waals surface area contributed by atoms with Crippen molar-refractivity contribution in [1.29, 1.82) is 0 Å². The van der Waals surface area contributed by atoms with Crippen molar-refractivity contribution in [3.63, 3.8) is 0 Å². The predicted octanol–water partition coefficient (Wildman–Crippen LogP) is 3.88. The molecule has 146 valence electrons. The van der Waals surface area contributed by atoms with Crippen LogP contribution in [0.5, 0.6) is 5.75 Å². The van der Waals surface area contributed by atoms with E-state index in [1.54, 1.807) is 54.4 Å². The van der Waals surface area contributed by atoms with Crippen LogP contribution in [0.2, 0.25) is 5.02 Å². The average molecular weight is 418 g/mol. The van der Waals surface area contributed by atoms with Crippen molar-refractivity contribution in [2.75, 3.05) is 20.2 Å². The van der Waals surface area contributed by atoms with Crippen LogP contribution in [0.1, 0.15) is 17.3 Å². The molecule has 8 heteroatoms. The molecule has 2 aromatic carbocycles. The van der Waals surface area contributed by atoms with Gasteiger partial charge >= 0.3 is 0 Å². The van der Waals surface area contributed by atoms with E-state index < -0.39 is 0 Å². The Kier molecular flexibility index (Phi) is 6.16. The summed E-state index contributed by atoms with van der Waals surface area (Å²) in [5, 5.41) is 1.14. The highest BCUT2D eigenvalue weighted by Crippen LogP contribution is 2.16. The molecule has 0 aliphatic rings. The summed E-state index contributed by atoms with van der Waals surface area (Å²) < 4.78 is 7.46. The Labute approximate surface area is 172 Å². The number of nitrogens with one attached hydrogen (secondary N) is 1. The molecule has 0 aliphatic carbocycles. The normalized spacial score (nSPS) is 10.8. The Balaban J connectivity index is 1.72. The maximum Gasteiger partial charge on any atom is 0.262 e. The van der Waals surface area contributed by atoms with Gasteiger partial charge in [-0.25, -0.2) is 0 Å². The van der Waals surface area contributed by atoms with Gasteiger partial charge in [-0.3, -0.25) is 14.2 Å². The van der Waals surface area contributed by atoms with Crippen molar-refractivity contribution in [1.82, 2.24) is 14.5 Å². The first-order chi connectivity index (χ1) is 13.4. The van der Waals surface area contributed by atoms with E-state index in [4.69, 9.17) is 28.6 Å². The van der Waals surface area contributed by atoms with Crippen LogP contribution in [0.3, 0.4) is 0 Å². The molecule has 28 heavy (non-hydrogen) atoms. The molecule has 0 saturated carbocycles. The molecule has 0 fully saturated rings. The largest absolute Gasteiger partial charge is 0.492 e. The lowest BCUT2D eigenvalue weighted by molar-refractivity contribution is 0.0774. The lowest BCUT2D eigenvalue weighted by atomic mass is 10.1. The van der Waals surface area contributed by atoms with Crippen molar-refractivity contribution in [2.24, 2.45) is 0 Å². The van der Waals surface area contributed by atoms with Gasteiger partial charge in [0.1, 0.15) is 12.4 Å². The Morgan fingerprint density at radius 3 is 2.64 bits per heavy atom. The van der Waals surface area contributed by atoms with Crippen molar-refractivity contribution in [3.8, 4) is 5.75 Å². The number of aromatic nitrogens is 2. The van der Waals surface area contributed by atoms with E-state index in [-0.39, 0.29) is 11.5 Å². The zero-order valence-corrected chi connectivity index (χ0v) is 17.1. The average Bonchev–Trinajstić information content (AvgIpc) is 2.68. The van der Waals surface area contributed by atoms with Crippen LogP contribution < -0.4 is 10.3 Å². The summed E-state index contributed by atoms with van der Waals surface area (Å²) in [5.74, 6) is 0.524. The molecule has 1 heterocycles. The molecule has 0 aliphatic heterocycles. The fourth-order valence-corrected chi connectivity index (χ4v) is 3.28. The molecule has 0 radical (unpaired) electrons. The van der Waals surface area contributed by atoms with Crippen molar-refractivity contribution in [3.05, 3.63) is 68.2 Å². The van der Waals surface area contributed by atoms with E-state index in [1.807, 2.05) is 6.92 Å². The number of benzene rings is 2. The molecule has 3 rings (SSSR count). The van der Waals surface area contributed by atoms with Gasteiger partial charge in [0.25, 0.3) is 11.5 Å². The van der Waals surface area contributed by atoms with Crippen molar-refractivity contribution in [2.45, 2.75) is 13.5 Å². The van der Waals surface area contributed by atoms with Gasteiger partial charge in [0.2, 0.25) is 0 Å². The van der Waals surface area contributed by atoms with Crippen LogP contribution in [0, 0.1) is 4.77 Å². The van der Waals surface area contributed by atoms with Gasteiger partial charge in [0.05, 0.1) is 17.4 Å². The van der Waals surface area contributed by atoms with E-state index in [2.05, 4.69) is 4.98 Å². The molecular weight excluding hydrogens is 398 g/mol. The number of rotatable bonds is 6. The van der Waals surface area contributed by atoms with Gasteiger partial charge in [0.15, 0.2) is 4.77 Å². The number of ether oxygens (including phenoxy) is 1. The Hall–Kier alpha value is -2.64. The zero-order chi connectivity index (χ0) is 20.3. The van der Waals surface area contributed by atoms with Crippen LogP contribution in [0.15, 0.2) is 47.3 Å². The smallest absolute Gasteiger partial charge is 0.262 e. The topological polar surface area (TPSA) is 67.3 Å². The fraction of sp³-hybridized carbons (Fsp3) is 0.250. The Bertz CT molecular complexity index is 1120. The highest BCUT2D eigenvalue weighted by atomic mass is 35.5. The van der Waals surface area contributed by atoms with Gasteiger partial charge in [-0.15, -0.1) is 0 Å². The molecule has 0 atom stereocenters. The summed E-state index contributed by atoms with van der Waals surface area (Å²) in [6.45, 7) is 3.10. The zero-order valence-electron chi connectivity index (χ0n) is 15.6. The minimum absolute atomic E-state index is 0.162. The van der Waals surface area contributed by atoms with E-state index >= 15 is 0 Å². The second kappa shape index (κ2) is 8.58. The first-order valence-electron chi connectivity index (χ1n) is 8.81. The summed E-state index contributed by atoms with van der Waals surface area (Å²) in [4.78, 5) is 29.7. The number of amides is 1. The number of nitrogens with zero attached hydrogens (tertiary/aromatic N) is 2. The highest BCUT2D eigenvalue weighted by molar-refractivity contribution is 7.71. The molecule has 0 bridgehead atoms. The van der Waals surface area contributed by atoms with Gasteiger partial charge in [-0.1, -0.05) is 11.6 Å². The van der Waals surface area contributed by atoms with Crippen LogP contribution >= 0.6 is 23.8 Å². The third kappa shape index (κ3) is 4.26. The minimum Gasteiger partial charge on any atom is -0.492 e. The molecule has 3 aromatic rings. The lowest BCUT2D eigenvalue weighted by Gasteiger charge is -2.18. The first kappa shape index (κ1) is 20.1. The molecule has 0 spiro atoms. The van der Waals surface area contributed by atoms with Crippen LogP contribution in [0.4, 0.5) is 0 Å². The summed E-state index contributed by atoms with van der Waals surface area (Å²) in [7, 11) is 1.70. The summed E-state index contributed by atoms with van der Waals surface area (Å²) in [5.41, 5.74) is 0.863. The second-order valence-corrected chi connectivity index (χ2v) is 7.09. The van der Waals surface area contributed by atoms with Gasteiger partial charge in [-0.05, 0) is 61.6 Å². The number of likely N-dealkylation sites (N-methyl/N-ethyl adjacent to an activating group) is 1. The molecular formula is C20H20ClN3O3S. The number of hydrogen-bond acceptors (Lipinski definition) is 4. The van der Waals surface area contributed by atoms with E-state index in [1.165, 1.54) is 4.57 Å². The van der Waals surface area contributed by atoms with Gasteiger partial charge < -0.3 is 14.6 Å². The van der Waals surface area contributed by atoms with Crippen LogP contribution in [-0.2, 0) is 6.54 Å². The lowest BCUT2D eigenvalue weighted by Crippen LogP contribution is -2.31. The molecule has 0 unspecified atom stereocenters. The van der Waals surface area contributed by atoms with Gasteiger partial charge in [-0.2, -0.15) is 0 Å². The maximum absolute atomic E-state index is 12.7. The van der Waals surface area contributed by atoms with E-state index in [0.717, 1.165) is 0 Å². The summed E-state index contributed by atoms with van der Waals surface area (Å²) in [6.07, 6.45) is 0. The minimum atomic E-state index is -0.166. The quantitative estimate of drug-likeness (QED) is 0.618. The number of aromatic amines is 1. The number of fused-ring (bicyclic) bond motifs is 1. The maximum atomic E-state index is 12.7. The standard InChI is InChI=1S/C20H20ClN3O3S/c1-3-24-19(26)16-9-4-13(12-17(16)22-20(24)28)18(25)23(2)10-11-27-15-7-5-14(21)6-8-15/h4-9,12H,3,10-11H2,1-2H3,(H,22,28). The van der Waals surface area contributed by atoms with Crippen LogP contribution in [-0.4, -0.2) is 40.6 Å². The summed E-state index contributed by atoms with van der Waals surface area (Å²) in [6, 6.07) is 12.0. The third-order valence-corrected chi connectivity index (χ3v) is 4.98. The predicted molar refractivity (Wildman–Crippen MR) is 113 cm³/mol. The Morgan fingerprint density at radius 1 is 1.25 bits per heavy atom. The highest BCUT2D eigenvalue weighted by Gasteiger charge is 2.14. The molecule has 1 amide bonds. The van der Waals surface area contributed by atoms with Crippen molar-refractivity contribution >= 4 is 40.6 Å². The SMILES string of the molecule is CCn1c(=S)[nH]c2cc(C(=O)N(C)CCOc3ccc(Cl)cc3)ccc2c1=O. The van der Waals surface area contributed by atoms with Gasteiger partial charge in [0, 0.05) is 24.2 Å².